The number of hydrogen-bond donors (Lipinski definition) is 3. The summed E-state index contributed by atoms with van der Waals surface area (Å²) in [6, 6.07) is 1.47. The van der Waals surface area contributed by atoms with E-state index in [-0.39, 0.29) is 24.1 Å². The van der Waals surface area contributed by atoms with Crippen molar-refractivity contribution in [3.05, 3.63) is 27.6 Å². The molecule has 2 heterocycles. The molecule has 1 fully saturated rings. The van der Waals surface area contributed by atoms with Gasteiger partial charge in [0.05, 0.1) is 18.6 Å². The van der Waals surface area contributed by atoms with Crippen LogP contribution in [-0.2, 0) is 11.3 Å². The van der Waals surface area contributed by atoms with E-state index in [2.05, 4.69) is 34.4 Å². The van der Waals surface area contributed by atoms with Gasteiger partial charge in [0.15, 0.2) is 0 Å². The van der Waals surface area contributed by atoms with Crippen molar-refractivity contribution >= 4 is 33.5 Å². The van der Waals surface area contributed by atoms with Crippen molar-refractivity contribution in [1.82, 2.24) is 25.5 Å². The standard InChI is InChI=1S/C21H31N5O3S/c1-4-9-26(11-17-22-16-8-10-30-19(16)20(28)24-17)12-18(27)25-21(29)23-15-7-5-6-13(2)14(15)3/h8,10,13-15H,4-7,9,11-12H2,1-3H3,(H,22,24,28)(H2,23,25,27,29)/t13-,14-,15+/m0/s1. The number of imide groups is 1. The van der Waals surface area contributed by atoms with Gasteiger partial charge in [-0.15, -0.1) is 11.3 Å². The van der Waals surface area contributed by atoms with Crippen LogP contribution in [0.15, 0.2) is 16.2 Å². The number of nitrogens with one attached hydrogen (secondary N) is 3. The van der Waals surface area contributed by atoms with E-state index in [0.29, 0.717) is 41.0 Å². The molecule has 3 rings (SSSR count). The molecule has 30 heavy (non-hydrogen) atoms. The minimum Gasteiger partial charge on any atom is -0.335 e. The summed E-state index contributed by atoms with van der Waals surface area (Å²) in [5.74, 6) is 1.11. The Hall–Kier alpha value is -2.26. The number of thiophene rings is 1. The molecule has 1 aliphatic carbocycles. The molecule has 1 saturated carbocycles. The molecule has 0 radical (unpaired) electrons. The van der Waals surface area contributed by atoms with Crippen molar-refractivity contribution in [1.29, 1.82) is 0 Å². The van der Waals surface area contributed by atoms with Crippen LogP contribution in [0.2, 0.25) is 0 Å². The van der Waals surface area contributed by atoms with Gasteiger partial charge in [-0.3, -0.25) is 19.8 Å². The predicted octanol–water partition coefficient (Wildman–Crippen LogP) is 2.85. The minimum absolute atomic E-state index is 0.0588. The number of carbonyl (C=O) groups excluding carboxylic acids is 2. The summed E-state index contributed by atoms with van der Waals surface area (Å²) < 4.78 is 0.599. The second-order valence-electron chi connectivity index (χ2n) is 8.25. The molecule has 2 aromatic heterocycles. The zero-order valence-electron chi connectivity index (χ0n) is 17.9. The van der Waals surface area contributed by atoms with Gasteiger partial charge in [0.25, 0.3) is 5.56 Å². The molecule has 0 spiro atoms. The van der Waals surface area contributed by atoms with Crippen LogP contribution in [0.3, 0.4) is 0 Å². The van der Waals surface area contributed by atoms with Crippen LogP contribution >= 0.6 is 11.3 Å². The van der Waals surface area contributed by atoms with Crippen molar-refractivity contribution in [3.63, 3.8) is 0 Å². The number of urea groups is 1. The Morgan fingerprint density at radius 2 is 2.13 bits per heavy atom. The molecule has 1 aliphatic rings. The first-order valence-corrected chi connectivity index (χ1v) is 11.5. The Balaban J connectivity index is 1.56. The lowest BCUT2D eigenvalue weighted by atomic mass is 9.78. The molecule has 0 saturated heterocycles. The van der Waals surface area contributed by atoms with Crippen LogP contribution in [0.4, 0.5) is 4.79 Å². The number of hydrogen-bond acceptors (Lipinski definition) is 6. The van der Waals surface area contributed by atoms with Crippen LogP contribution in [0.25, 0.3) is 10.2 Å². The largest absolute Gasteiger partial charge is 0.335 e. The summed E-state index contributed by atoms with van der Waals surface area (Å²) in [5.41, 5.74) is 0.496. The third-order valence-electron chi connectivity index (χ3n) is 5.92. The Morgan fingerprint density at radius 1 is 1.33 bits per heavy atom. The summed E-state index contributed by atoms with van der Waals surface area (Å²) >= 11 is 1.36. The summed E-state index contributed by atoms with van der Waals surface area (Å²) in [6.45, 7) is 7.41. The predicted molar refractivity (Wildman–Crippen MR) is 118 cm³/mol. The Bertz CT molecular complexity index is 940. The molecule has 9 heteroatoms. The summed E-state index contributed by atoms with van der Waals surface area (Å²) in [6.07, 6.45) is 4.05. The molecular weight excluding hydrogens is 402 g/mol. The zero-order chi connectivity index (χ0) is 21.7. The second kappa shape index (κ2) is 10.2. The van der Waals surface area contributed by atoms with Crippen LogP contribution in [-0.4, -0.2) is 45.9 Å². The van der Waals surface area contributed by atoms with E-state index in [1.54, 1.807) is 0 Å². The van der Waals surface area contributed by atoms with Gasteiger partial charge >= 0.3 is 6.03 Å². The van der Waals surface area contributed by atoms with Gasteiger partial charge in [0, 0.05) is 6.04 Å². The van der Waals surface area contributed by atoms with Crippen molar-refractivity contribution in [2.45, 2.75) is 59.0 Å². The lowest BCUT2D eigenvalue weighted by molar-refractivity contribution is -0.121. The van der Waals surface area contributed by atoms with Gasteiger partial charge < -0.3 is 10.3 Å². The minimum atomic E-state index is -0.436. The van der Waals surface area contributed by atoms with Gasteiger partial charge in [-0.25, -0.2) is 9.78 Å². The lowest BCUT2D eigenvalue weighted by Crippen LogP contribution is -2.51. The number of aromatic amines is 1. The third-order valence-corrected chi connectivity index (χ3v) is 6.82. The third kappa shape index (κ3) is 5.66. The monoisotopic (exact) mass is 433 g/mol. The number of fused-ring (bicyclic) bond motifs is 1. The molecule has 164 valence electrons. The van der Waals surface area contributed by atoms with Crippen LogP contribution in [0, 0.1) is 11.8 Å². The van der Waals surface area contributed by atoms with Crippen LogP contribution < -0.4 is 16.2 Å². The molecule has 0 bridgehead atoms. The second-order valence-corrected chi connectivity index (χ2v) is 9.17. The summed E-state index contributed by atoms with van der Waals surface area (Å²) in [5, 5.41) is 7.25. The SMILES string of the molecule is CCCN(CC(=O)NC(=O)N[C@@H]1CCC[C@H](C)[C@@H]1C)Cc1nc2ccsc2c(=O)[nH]1. The fraction of sp³-hybridized carbons (Fsp3) is 0.619. The fourth-order valence-corrected chi connectivity index (χ4v) is 4.82. The first kappa shape index (κ1) is 22.4. The Morgan fingerprint density at radius 3 is 2.90 bits per heavy atom. The van der Waals surface area contributed by atoms with Crippen LogP contribution in [0.1, 0.15) is 52.3 Å². The highest BCUT2D eigenvalue weighted by Crippen LogP contribution is 2.29. The van der Waals surface area contributed by atoms with Crippen molar-refractivity contribution in [3.8, 4) is 0 Å². The molecule has 8 nitrogen and oxygen atoms in total. The Labute approximate surface area is 180 Å². The van der Waals surface area contributed by atoms with E-state index in [1.807, 2.05) is 23.3 Å². The fourth-order valence-electron chi connectivity index (χ4n) is 4.10. The molecule has 2 aromatic rings. The molecule has 3 atom stereocenters. The van der Waals surface area contributed by atoms with Gasteiger partial charge in [-0.1, -0.05) is 33.6 Å². The first-order chi connectivity index (χ1) is 14.4. The van der Waals surface area contributed by atoms with Crippen molar-refractivity contribution in [2.24, 2.45) is 11.8 Å². The highest BCUT2D eigenvalue weighted by Gasteiger charge is 2.28. The lowest BCUT2D eigenvalue weighted by Gasteiger charge is -2.34. The van der Waals surface area contributed by atoms with Crippen molar-refractivity contribution < 1.29 is 9.59 Å². The maximum absolute atomic E-state index is 12.5. The molecular formula is C21H31N5O3S. The average Bonchev–Trinajstić information content (AvgIpc) is 3.14. The topological polar surface area (TPSA) is 107 Å². The van der Waals surface area contributed by atoms with Crippen LogP contribution in [0.5, 0.6) is 0 Å². The quantitative estimate of drug-likeness (QED) is 0.622. The van der Waals surface area contributed by atoms with Crippen molar-refractivity contribution in [2.75, 3.05) is 13.1 Å². The number of aromatic nitrogens is 2. The smallest absolute Gasteiger partial charge is 0.321 e. The van der Waals surface area contributed by atoms with Gasteiger partial charge in [0.2, 0.25) is 5.91 Å². The Kier molecular flexibility index (Phi) is 7.60. The van der Waals surface area contributed by atoms with Gasteiger partial charge in [0.1, 0.15) is 10.5 Å². The summed E-state index contributed by atoms with van der Waals surface area (Å²) in [4.78, 5) is 46.1. The zero-order valence-corrected chi connectivity index (χ0v) is 18.7. The summed E-state index contributed by atoms with van der Waals surface area (Å²) in [7, 11) is 0. The van der Waals surface area contributed by atoms with E-state index < -0.39 is 6.03 Å². The first-order valence-electron chi connectivity index (χ1n) is 10.7. The van der Waals surface area contributed by atoms with E-state index in [4.69, 9.17) is 0 Å². The molecule has 0 unspecified atom stereocenters. The molecule has 0 aliphatic heterocycles. The highest BCUT2D eigenvalue weighted by molar-refractivity contribution is 7.17. The number of carbonyl (C=O) groups is 2. The molecule has 3 N–H and O–H groups in total. The number of nitrogens with zero attached hydrogens (tertiary/aromatic N) is 2. The van der Waals surface area contributed by atoms with E-state index in [1.165, 1.54) is 17.8 Å². The maximum Gasteiger partial charge on any atom is 0.321 e. The number of H-pyrrole nitrogens is 1. The molecule has 3 amide bonds. The van der Waals surface area contributed by atoms with E-state index in [0.717, 1.165) is 19.3 Å². The maximum atomic E-state index is 12.5. The highest BCUT2D eigenvalue weighted by atomic mass is 32.1. The molecule has 0 aromatic carbocycles. The van der Waals surface area contributed by atoms with Gasteiger partial charge in [-0.2, -0.15) is 0 Å². The van der Waals surface area contributed by atoms with Gasteiger partial charge in [-0.05, 0) is 42.7 Å². The average molecular weight is 434 g/mol. The normalized spacial score (nSPS) is 21.7. The number of amides is 3. The number of rotatable bonds is 7. The van der Waals surface area contributed by atoms with E-state index >= 15 is 0 Å². The van der Waals surface area contributed by atoms with E-state index in [9.17, 15) is 14.4 Å².